The number of nitrogens with one attached hydrogen (secondary N) is 1. The molecule has 0 fully saturated rings. The Labute approximate surface area is 78.9 Å². The number of imidazole rings is 1. The van der Waals surface area contributed by atoms with E-state index < -0.39 is 0 Å². The molecule has 1 rings (SSSR count). The van der Waals surface area contributed by atoms with Crippen LogP contribution in [-0.4, -0.2) is 36.4 Å². The molecule has 0 aliphatic carbocycles. The van der Waals surface area contributed by atoms with Crippen molar-refractivity contribution in [1.82, 2.24) is 14.9 Å². The van der Waals surface area contributed by atoms with Crippen LogP contribution >= 0.6 is 0 Å². The van der Waals surface area contributed by atoms with Crippen LogP contribution in [0.1, 0.15) is 5.69 Å². The molecular weight excluding hydrogens is 166 g/mol. The van der Waals surface area contributed by atoms with Crippen LogP contribution < -0.4 is 5.32 Å². The number of ether oxygens (including phenoxy) is 1. The number of methoxy groups -OCH3 is 1. The van der Waals surface area contributed by atoms with Gasteiger partial charge in [0.2, 0.25) is 0 Å². The summed E-state index contributed by atoms with van der Waals surface area (Å²) in [5.41, 5.74) is 1.20. The van der Waals surface area contributed by atoms with Crippen molar-refractivity contribution in [3.05, 3.63) is 18.2 Å². The second-order valence-electron chi connectivity index (χ2n) is 2.97. The average Bonchev–Trinajstić information content (AvgIpc) is 2.52. The maximum Gasteiger partial charge on any atom is 0.0948 e. The van der Waals surface area contributed by atoms with Gasteiger partial charge in [0.05, 0.1) is 12.9 Å². The van der Waals surface area contributed by atoms with Gasteiger partial charge >= 0.3 is 0 Å². The third-order valence-electron chi connectivity index (χ3n) is 1.93. The Kier molecular flexibility index (Phi) is 4.49. The summed E-state index contributed by atoms with van der Waals surface area (Å²) in [6.45, 7) is 5.66. The van der Waals surface area contributed by atoms with Crippen molar-refractivity contribution in [2.24, 2.45) is 0 Å². The highest BCUT2D eigenvalue weighted by molar-refractivity contribution is 4.93. The van der Waals surface area contributed by atoms with E-state index in [9.17, 15) is 0 Å². The molecule has 4 heteroatoms. The molecule has 74 valence electrons. The van der Waals surface area contributed by atoms with Gasteiger partial charge in [-0.15, -0.1) is 0 Å². The minimum atomic E-state index is 0.767. The number of rotatable bonds is 6. The lowest BCUT2D eigenvalue weighted by molar-refractivity contribution is 0.199. The first-order chi connectivity index (χ1) is 6.34. The van der Waals surface area contributed by atoms with Crippen molar-refractivity contribution in [3.8, 4) is 0 Å². The molecule has 0 atom stereocenters. The predicted octanol–water partition coefficient (Wildman–Crippen LogP) is 0.428. The number of aromatic nitrogens is 2. The van der Waals surface area contributed by atoms with E-state index >= 15 is 0 Å². The van der Waals surface area contributed by atoms with Gasteiger partial charge in [0, 0.05) is 38.6 Å². The monoisotopic (exact) mass is 183 g/mol. The van der Waals surface area contributed by atoms with Gasteiger partial charge in [0.25, 0.3) is 0 Å². The average molecular weight is 183 g/mol. The van der Waals surface area contributed by atoms with Crippen LogP contribution in [0.3, 0.4) is 0 Å². The minimum Gasteiger partial charge on any atom is -0.383 e. The van der Waals surface area contributed by atoms with Crippen LogP contribution in [0.2, 0.25) is 0 Å². The summed E-state index contributed by atoms with van der Waals surface area (Å²) >= 11 is 0. The van der Waals surface area contributed by atoms with Crippen LogP contribution in [-0.2, 0) is 11.3 Å². The van der Waals surface area contributed by atoms with Gasteiger partial charge in [0.15, 0.2) is 0 Å². The highest BCUT2D eigenvalue weighted by Gasteiger charge is 1.94. The molecule has 1 N–H and O–H groups in total. The zero-order valence-corrected chi connectivity index (χ0v) is 8.29. The first-order valence-corrected chi connectivity index (χ1v) is 4.51. The van der Waals surface area contributed by atoms with Gasteiger partial charge in [-0.3, -0.25) is 0 Å². The molecule has 0 bridgehead atoms. The molecule has 0 aromatic carbocycles. The van der Waals surface area contributed by atoms with Crippen LogP contribution in [0.5, 0.6) is 0 Å². The fraction of sp³-hybridized carbons (Fsp3) is 0.667. The lowest BCUT2D eigenvalue weighted by Gasteiger charge is -2.06. The summed E-state index contributed by atoms with van der Waals surface area (Å²) in [4.78, 5) is 4.05. The van der Waals surface area contributed by atoms with Gasteiger partial charge in [-0.2, -0.15) is 0 Å². The predicted molar refractivity (Wildman–Crippen MR) is 51.7 cm³/mol. The third-order valence-corrected chi connectivity index (χ3v) is 1.93. The van der Waals surface area contributed by atoms with Crippen LogP contribution in [0.25, 0.3) is 0 Å². The Morgan fingerprint density at radius 3 is 3.00 bits per heavy atom. The molecule has 1 heterocycles. The van der Waals surface area contributed by atoms with E-state index in [-0.39, 0.29) is 0 Å². The molecule has 1 aromatic heterocycles. The molecule has 0 amide bonds. The fourth-order valence-corrected chi connectivity index (χ4v) is 1.12. The lowest BCUT2D eigenvalue weighted by atomic mass is 10.5. The summed E-state index contributed by atoms with van der Waals surface area (Å²) in [6.07, 6.45) is 3.72. The molecule has 1 aromatic rings. The van der Waals surface area contributed by atoms with Gasteiger partial charge < -0.3 is 14.6 Å². The van der Waals surface area contributed by atoms with Crippen molar-refractivity contribution in [3.63, 3.8) is 0 Å². The number of hydrogen-bond acceptors (Lipinski definition) is 3. The molecule has 4 nitrogen and oxygen atoms in total. The summed E-state index contributed by atoms with van der Waals surface area (Å²) in [5.74, 6) is 0. The molecule has 13 heavy (non-hydrogen) atoms. The van der Waals surface area contributed by atoms with E-state index in [0.717, 1.165) is 26.2 Å². The highest BCUT2D eigenvalue weighted by Crippen LogP contribution is 1.94. The van der Waals surface area contributed by atoms with E-state index in [1.54, 1.807) is 7.11 Å². The molecule has 0 unspecified atom stereocenters. The van der Waals surface area contributed by atoms with Gasteiger partial charge in [0.1, 0.15) is 0 Å². The van der Waals surface area contributed by atoms with Crippen molar-refractivity contribution < 1.29 is 4.74 Å². The second-order valence-corrected chi connectivity index (χ2v) is 2.97. The molecule has 0 spiro atoms. The van der Waals surface area contributed by atoms with E-state index in [0.29, 0.717) is 0 Å². The largest absolute Gasteiger partial charge is 0.383 e. The second kappa shape index (κ2) is 5.72. The molecule has 0 saturated carbocycles. The van der Waals surface area contributed by atoms with Crippen LogP contribution in [0.15, 0.2) is 12.5 Å². The van der Waals surface area contributed by atoms with Crippen molar-refractivity contribution in [1.29, 1.82) is 0 Å². The SMILES string of the molecule is COCCNCCn1cncc1C. The Hall–Kier alpha value is -0.870. The Bertz CT molecular complexity index is 235. The standard InChI is InChI=1S/C9H17N3O/c1-9-7-11-8-12(9)5-3-10-4-6-13-2/h7-8,10H,3-6H2,1-2H3. The van der Waals surface area contributed by atoms with Crippen molar-refractivity contribution in [2.75, 3.05) is 26.8 Å². The molecule has 0 radical (unpaired) electrons. The highest BCUT2D eigenvalue weighted by atomic mass is 16.5. The first-order valence-electron chi connectivity index (χ1n) is 4.51. The summed E-state index contributed by atoms with van der Waals surface area (Å²) < 4.78 is 7.05. The molecule has 0 aliphatic heterocycles. The van der Waals surface area contributed by atoms with Crippen molar-refractivity contribution in [2.45, 2.75) is 13.5 Å². The Balaban J connectivity index is 2.10. The van der Waals surface area contributed by atoms with Gasteiger partial charge in [-0.1, -0.05) is 0 Å². The molecular formula is C9H17N3O. The maximum absolute atomic E-state index is 4.92. The zero-order valence-electron chi connectivity index (χ0n) is 8.29. The van der Waals surface area contributed by atoms with Gasteiger partial charge in [-0.05, 0) is 6.92 Å². The fourth-order valence-electron chi connectivity index (χ4n) is 1.12. The summed E-state index contributed by atoms with van der Waals surface area (Å²) in [5, 5.41) is 3.28. The van der Waals surface area contributed by atoms with E-state index in [2.05, 4.69) is 21.8 Å². The molecule has 0 aliphatic rings. The van der Waals surface area contributed by atoms with E-state index in [1.165, 1.54) is 5.69 Å². The van der Waals surface area contributed by atoms with Crippen molar-refractivity contribution >= 4 is 0 Å². The number of aryl methyl sites for hydroxylation is 1. The lowest BCUT2D eigenvalue weighted by Crippen LogP contribution is -2.23. The third kappa shape index (κ3) is 3.57. The molecule has 0 saturated heterocycles. The number of nitrogens with zero attached hydrogens (tertiary/aromatic N) is 2. The Morgan fingerprint density at radius 2 is 2.38 bits per heavy atom. The Morgan fingerprint density at radius 1 is 1.54 bits per heavy atom. The minimum absolute atomic E-state index is 0.767. The van der Waals surface area contributed by atoms with Gasteiger partial charge in [-0.25, -0.2) is 4.98 Å². The van der Waals surface area contributed by atoms with E-state index in [4.69, 9.17) is 4.74 Å². The van der Waals surface area contributed by atoms with E-state index in [1.807, 2.05) is 12.5 Å². The number of hydrogen-bond donors (Lipinski definition) is 1. The topological polar surface area (TPSA) is 39.1 Å². The summed E-state index contributed by atoms with van der Waals surface area (Å²) in [6, 6.07) is 0. The maximum atomic E-state index is 4.92. The van der Waals surface area contributed by atoms with Crippen LogP contribution in [0.4, 0.5) is 0 Å². The normalized spacial score (nSPS) is 10.6. The first kappa shape index (κ1) is 10.2. The van der Waals surface area contributed by atoms with Crippen LogP contribution in [0, 0.1) is 6.92 Å². The summed E-state index contributed by atoms with van der Waals surface area (Å²) in [7, 11) is 1.71. The zero-order chi connectivity index (χ0) is 9.52. The quantitative estimate of drug-likeness (QED) is 0.650. The smallest absolute Gasteiger partial charge is 0.0948 e.